The smallest absolute Gasteiger partial charge is 0.377 e. The van der Waals surface area contributed by atoms with E-state index in [2.05, 4.69) is 6.92 Å². The summed E-state index contributed by atoms with van der Waals surface area (Å²) in [6.45, 7) is 3.06. The van der Waals surface area contributed by atoms with Gasteiger partial charge in [-0.25, -0.2) is 0 Å². The quantitative estimate of drug-likeness (QED) is 0.117. The summed E-state index contributed by atoms with van der Waals surface area (Å²) in [5.41, 5.74) is 0. The van der Waals surface area contributed by atoms with Crippen molar-refractivity contribution >= 4 is 8.80 Å². The van der Waals surface area contributed by atoms with E-state index in [1.807, 2.05) is 0 Å². The third-order valence-corrected chi connectivity index (χ3v) is 8.28. The van der Waals surface area contributed by atoms with Crippen molar-refractivity contribution in [3.8, 4) is 0 Å². The average molecular weight is 433 g/mol. The van der Waals surface area contributed by atoms with E-state index in [9.17, 15) is 0 Å². The molecule has 0 aromatic heterocycles. The summed E-state index contributed by atoms with van der Waals surface area (Å²) in [6, 6.07) is 0. The van der Waals surface area contributed by atoms with Crippen molar-refractivity contribution in [3.05, 3.63) is 0 Å². The van der Waals surface area contributed by atoms with E-state index >= 15 is 0 Å². The molecule has 0 atom stereocenters. The van der Waals surface area contributed by atoms with Crippen LogP contribution in [0.2, 0.25) is 0 Å². The maximum atomic E-state index is 5.69. The van der Waals surface area contributed by atoms with Gasteiger partial charge in [0.1, 0.15) is 6.23 Å². The normalized spacial score (nSPS) is 12.0. The van der Waals surface area contributed by atoms with Crippen molar-refractivity contribution in [2.75, 3.05) is 34.2 Å². The highest BCUT2D eigenvalue weighted by molar-refractivity contribution is 6.60. The minimum Gasteiger partial charge on any atom is -0.377 e. The van der Waals surface area contributed by atoms with Crippen LogP contribution in [0.4, 0.5) is 0 Å². The SMILES string of the molecule is CCCCCCCCCCCCCCCCCCCCOC[Si](OC)(OC)OC. The Morgan fingerprint density at radius 2 is 0.759 bits per heavy atom. The molecule has 0 bridgehead atoms. The molecule has 4 nitrogen and oxygen atoms in total. The molecular weight excluding hydrogens is 380 g/mol. The Bertz CT molecular complexity index is 303. The Hall–Kier alpha value is 0.0569. The number of ether oxygens (including phenoxy) is 1. The van der Waals surface area contributed by atoms with Crippen LogP contribution in [0.1, 0.15) is 122 Å². The first-order valence-electron chi connectivity index (χ1n) is 12.5. The van der Waals surface area contributed by atoms with Crippen molar-refractivity contribution in [2.24, 2.45) is 0 Å². The van der Waals surface area contributed by atoms with Gasteiger partial charge in [-0.1, -0.05) is 116 Å². The van der Waals surface area contributed by atoms with Crippen molar-refractivity contribution in [1.82, 2.24) is 0 Å². The van der Waals surface area contributed by atoms with E-state index in [0.717, 1.165) is 13.0 Å². The van der Waals surface area contributed by atoms with Crippen molar-refractivity contribution in [1.29, 1.82) is 0 Å². The Kier molecular flexibility index (Phi) is 22.8. The lowest BCUT2D eigenvalue weighted by molar-refractivity contribution is 0.0622. The molecule has 0 aliphatic carbocycles. The van der Waals surface area contributed by atoms with Crippen LogP contribution in [0.3, 0.4) is 0 Å². The van der Waals surface area contributed by atoms with Gasteiger partial charge in [0.2, 0.25) is 0 Å². The lowest BCUT2D eigenvalue weighted by Gasteiger charge is -2.23. The van der Waals surface area contributed by atoms with Crippen molar-refractivity contribution in [3.63, 3.8) is 0 Å². The second-order valence-corrected chi connectivity index (χ2v) is 11.2. The lowest BCUT2D eigenvalue weighted by Crippen LogP contribution is -2.48. The van der Waals surface area contributed by atoms with E-state index in [1.54, 1.807) is 21.3 Å². The molecule has 0 rings (SSSR count). The summed E-state index contributed by atoms with van der Waals surface area (Å²) in [4.78, 5) is 0. The van der Waals surface area contributed by atoms with E-state index in [0.29, 0.717) is 6.23 Å². The first-order chi connectivity index (χ1) is 14.2. The van der Waals surface area contributed by atoms with E-state index in [1.165, 1.54) is 109 Å². The molecule has 29 heavy (non-hydrogen) atoms. The van der Waals surface area contributed by atoms with Gasteiger partial charge in [-0.15, -0.1) is 0 Å². The van der Waals surface area contributed by atoms with Gasteiger partial charge in [0.05, 0.1) is 0 Å². The van der Waals surface area contributed by atoms with E-state index in [4.69, 9.17) is 18.0 Å². The minimum atomic E-state index is -2.55. The molecule has 0 aromatic rings. The van der Waals surface area contributed by atoms with Gasteiger partial charge in [0.15, 0.2) is 0 Å². The third kappa shape index (κ3) is 18.5. The van der Waals surface area contributed by atoms with Crippen molar-refractivity contribution < 1.29 is 18.0 Å². The van der Waals surface area contributed by atoms with Gasteiger partial charge >= 0.3 is 8.80 Å². The van der Waals surface area contributed by atoms with E-state index in [-0.39, 0.29) is 0 Å². The fraction of sp³-hybridized carbons (Fsp3) is 1.00. The van der Waals surface area contributed by atoms with Crippen LogP contribution in [-0.4, -0.2) is 43.0 Å². The first-order valence-corrected chi connectivity index (χ1v) is 14.4. The molecule has 0 heterocycles. The van der Waals surface area contributed by atoms with Crippen LogP contribution in [-0.2, 0) is 18.0 Å². The summed E-state index contributed by atoms with van der Waals surface area (Å²) in [5, 5.41) is 0. The number of hydrogen-bond donors (Lipinski definition) is 0. The Labute approximate surface area is 183 Å². The Balaban J connectivity index is 3.17. The standard InChI is InChI=1S/C24H52O4Si/c1-5-6-7-8-9-10-11-12-13-14-15-16-17-18-19-20-21-22-23-28-24-29(25-2,26-3)27-4/h5-24H2,1-4H3. The van der Waals surface area contributed by atoms with Crippen LogP contribution >= 0.6 is 0 Å². The highest BCUT2D eigenvalue weighted by atomic mass is 28.4. The molecule has 0 aliphatic heterocycles. The van der Waals surface area contributed by atoms with Gasteiger partial charge < -0.3 is 18.0 Å². The maximum absolute atomic E-state index is 5.69. The number of rotatable bonds is 24. The van der Waals surface area contributed by atoms with Crippen molar-refractivity contribution in [2.45, 2.75) is 122 Å². The van der Waals surface area contributed by atoms with Crippen LogP contribution in [0.5, 0.6) is 0 Å². The predicted molar refractivity (Wildman–Crippen MR) is 126 cm³/mol. The summed E-state index contributed by atoms with van der Waals surface area (Å²) >= 11 is 0. The summed E-state index contributed by atoms with van der Waals surface area (Å²) in [5.74, 6) is 0. The molecule has 0 spiro atoms. The molecule has 0 amide bonds. The largest absolute Gasteiger partial charge is 0.527 e. The number of hydrogen-bond acceptors (Lipinski definition) is 4. The lowest BCUT2D eigenvalue weighted by atomic mass is 10.0. The summed E-state index contributed by atoms with van der Waals surface area (Å²) in [7, 11) is 2.32. The summed E-state index contributed by atoms with van der Waals surface area (Å²) < 4.78 is 21.7. The first kappa shape index (κ1) is 29.1. The maximum Gasteiger partial charge on any atom is 0.527 e. The van der Waals surface area contributed by atoms with Crippen LogP contribution in [0.15, 0.2) is 0 Å². The third-order valence-electron chi connectivity index (χ3n) is 5.85. The predicted octanol–water partition coefficient (Wildman–Crippen LogP) is 7.46. The minimum absolute atomic E-state index is 0.440. The van der Waals surface area contributed by atoms with Gasteiger partial charge in [-0.3, -0.25) is 0 Å². The summed E-state index contributed by atoms with van der Waals surface area (Å²) in [6.07, 6.45) is 25.6. The van der Waals surface area contributed by atoms with Gasteiger partial charge in [0, 0.05) is 27.9 Å². The number of unbranched alkanes of at least 4 members (excludes halogenated alkanes) is 17. The van der Waals surface area contributed by atoms with Gasteiger partial charge in [0.25, 0.3) is 0 Å². The molecule has 0 saturated heterocycles. The molecule has 0 fully saturated rings. The average Bonchev–Trinajstić information content (AvgIpc) is 2.75. The zero-order valence-electron chi connectivity index (χ0n) is 20.3. The molecule has 0 N–H and O–H groups in total. The Morgan fingerprint density at radius 3 is 1.07 bits per heavy atom. The molecule has 0 aromatic carbocycles. The van der Waals surface area contributed by atoms with Crippen LogP contribution in [0, 0.1) is 0 Å². The highest BCUT2D eigenvalue weighted by Gasteiger charge is 2.38. The fourth-order valence-electron chi connectivity index (χ4n) is 3.73. The van der Waals surface area contributed by atoms with Crippen LogP contribution < -0.4 is 0 Å². The fourth-order valence-corrected chi connectivity index (χ4v) is 4.98. The topological polar surface area (TPSA) is 36.9 Å². The van der Waals surface area contributed by atoms with Gasteiger partial charge in [-0.05, 0) is 6.42 Å². The van der Waals surface area contributed by atoms with Gasteiger partial charge in [-0.2, -0.15) is 0 Å². The monoisotopic (exact) mass is 432 g/mol. The molecule has 5 heteroatoms. The molecule has 0 aliphatic rings. The second-order valence-electron chi connectivity index (χ2n) is 8.36. The van der Waals surface area contributed by atoms with Crippen LogP contribution in [0.25, 0.3) is 0 Å². The molecule has 0 radical (unpaired) electrons. The zero-order chi connectivity index (χ0) is 21.5. The molecular formula is C24H52O4Si. The molecule has 176 valence electrons. The van der Waals surface area contributed by atoms with E-state index < -0.39 is 8.80 Å². The Morgan fingerprint density at radius 1 is 0.448 bits per heavy atom. The molecule has 0 unspecified atom stereocenters. The highest BCUT2D eigenvalue weighted by Crippen LogP contribution is 2.14. The zero-order valence-corrected chi connectivity index (χ0v) is 21.3. The second kappa shape index (κ2) is 22.7. The molecule has 0 saturated carbocycles.